The number of rotatable bonds is 8. The van der Waals surface area contributed by atoms with E-state index in [0.717, 1.165) is 61.7 Å². The Balaban J connectivity index is 1.44. The Kier molecular flexibility index (Phi) is 7.73. The van der Waals surface area contributed by atoms with Crippen LogP contribution in [0.4, 0.5) is 34.3 Å². The van der Waals surface area contributed by atoms with E-state index < -0.39 is 0 Å². The molecule has 0 N–H and O–H groups in total. The van der Waals surface area contributed by atoms with Crippen LogP contribution in [0.5, 0.6) is 0 Å². The smallest absolute Gasteiger partial charge is 0.156 e. The molecule has 1 aromatic heterocycles. The lowest BCUT2D eigenvalue weighted by atomic mass is 9.98. The lowest BCUT2D eigenvalue weighted by molar-refractivity contribution is 1.12. The van der Waals surface area contributed by atoms with Crippen LogP contribution < -0.4 is 9.80 Å². The van der Waals surface area contributed by atoms with Crippen molar-refractivity contribution < 1.29 is 5.48 Å². The van der Waals surface area contributed by atoms with Gasteiger partial charge in [-0.1, -0.05) is 114 Å². The molecule has 0 saturated carbocycles. The predicted octanol–water partition coefficient (Wildman–Crippen LogP) is 12.6. The minimum absolute atomic E-state index is 0.308. The average molecular weight is 655 g/mol. The molecule has 0 unspecified atom stereocenters. The maximum atomic E-state index is 8.97. The number of hydrogen-bond donors (Lipinski definition) is 0. The second kappa shape index (κ2) is 13.9. The molecule has 0 amide bonds. The Bertz CT molecular complexity index is 2360. The second-order valence-electron chi connectivity index (χ2n) is 12.6. The molecule has 6 aromatic carbocycles. The molecule has 0 atom stereocenters. The van der Waals surface area contributed by atoms with Crippen LogP contribution in [0.2, 0.25) is 0 Å². The van der Waals surface area contributed by atoms with Gasteiger partial charge in [-0.05, 0) is 99.7 Å². The summed E-state index contributed by atoms with van der Waals surface area (Å²) in [4.78, 5) is 14.0. The van der Waals surface area contributed by atoms with E-state index in [0.29, 0.717) is 52.5 Å². The van der Waals surface area contributed by atoms with E-state index in [9.17, 15) is 0 Å². The summed E-state index contributed by atoms with van der Waals surface area (Å²) in [5.74, 6) is 0.647. The largest absolute Gasteiger partial charge is 0.309 e. The van der Waals surface area contributed by atoms with Gasteiger partial charge in [0.15, 0.2) is 5.82 Å². The third-order valence-electron chi connectivity index (χ3n) is 8.90. The van der Waals surface area contributed by atoms with Gasteiger partial charge in [0.1, 0.15) is 0 Å². The molecule has 0 aliphatic rings. The molecule has 0 bridgehead atoms. The van der Waals surface area contributed by atoms with Crippen molar-refractivity contribution in [2.75, 3.05) is 9.80 Å². The Hall–Kier alpha value is -6.00. The maximum Gasteiger partial charge on any atom is 0.156 e. The highest BCUT2D eigenvalue weighted by Gasteiger charge is 2.23. The molecule has 7 rings (SSSR count). The number of para-hydroxylation sites is 1. The van der Waals surface area contributed by atoms with Crippen molar-refractivity contribution in [3.63, 3.8) is 0 Å². The van der Waals surface area contributed by atoms with Crippen LogP contribution >= 0.6 is 0 Å². The Morgan fingerprint density at radius 2 is 0.920 bits per heavy atom. The molecular formula is C46H42N4. The summed E-state index contributed by atoms with van der Waals surface area (Å²) in [6, 6.07) is 37.9. The van der Waals surface area contributed by atoms with Crippen LogP contribution in [0, 0.1) is 41.5 Å². The molecule has 7 aromatic rings. The van der Waals surface area contributed by atoms with E-state index in [1.807, 2.05) is 131 Å². The van der Waals surface area contributed by atoms with Crippen LogP contribution in [0.3, 0.4) is 0 Å². The van der Waals surface area contributed by atoms with Gasteiger partial charge in [0.25, 0.3) is 0 Å². The summed E-state index contributed by atoms with van der Waals surface area (Å²) < 4.78 is 35.9. The zero-order chi connectivity index (χ0) is 38.3. The standard InChI is InChI=1S/C46H42N4/c1-31-25-33(3)45(34(4)26-31)50(46-35(5)27-32(2)28-36(46)6)40-23-21-39(22-24-40)49(43-20-14-13-19-41(43)37-15-9-7-10-16-37)44-30-47-42(29-48-44)38-17-11-8-12-18-38/h7-30H,1-6H3/i25D,26D,27D,28D. The normalized spacial score (nSPS) is 12.1. The molecule has 0 fully saturated rings. The number of anilines is 6. The van der Waals surface area contributed by atoms with Crippen LogP contribution in [0.25, 0.3) is 22.4 Å². The van der Waals surface area contributed by atoms with Crippen molar-refractivity contribution in [1.29, 1.82) is 0 Å². The zero-order valence-corrected chi connectivity index (χ0v) is 29.3. The van der Waals surface area contributed by atoms with E-state index in [1.165, 1.54) is 0 Å². The first-order chi connectivity index (χ1) is 26.0. The maximum absolute atomic E-state index is 8.97. The third kappa shape index (κ3) is 6.40. The predicted molar refractivity (Wildman–Crippen MR) is 211 cm³/mol. The van der Waals surface area contributed by atoms with Crippen molar-refractivity contribution in [2.24, 2.45) is 0 Å². The van der Waals surface area contributed by atoms with Crippen LogP contribution in [-0.4, -0.2) is 9.97 Å². The van der Waals surface area contributed by atoms with E-state index in [2.05, 4.69) is 29.2 Å². The fourth-order valence-electron chi connectivity index (χ4n) is 6.90. The number of hydrogen-bond acceptors (Lipinski definition) is 4. The fourth-order valence-corrected chi connectivity index (χ4v) is 6.90. The Morgan fingerprint density at radius 3 is 1.42 bits per heavy atom. The Labute approximate surface area is 302 Å². The highest BCUT2D eigenvalue weighted by atomic mass is 15.2. The van der Waals surface area contributed by atoms with Gasteiger partial charge in [-0.3, -0.25) is 9.88 Å². The summed E-state index contributed by atoms with van der Waals surface area (Å²) in [6.45, 7) is 11.3. The van der Waals surface area contributed by atoms with Gasteiger partial charge in [0, 0.05) is 22.5 Å². The van der Waals surface area contributed by atoms with Gasteiger partial charge in [-0.15, -0.1) is 0 Å². The summed E-state index contributed by atoms with van der Waals surface area (Å²) in [5.41, 5.74) is 12.0. The van der Waals surface area contributed by atoms with Gasteiger partial charge in [0.2, 0.25) is 0 Å². The summed E-state index contributed by atoms with van der Waals surface area (Å²) in [5, 5.41) is 0. The van der Waals surface area contributed by atoms with Crippen molar-refractivity contribution >= 4 is 34.3 Å². The van der Waals surface area contributed by atoms with Crippen molar-refractivity contribution in [2.45, 2.75) is 41.5 Å². The molecule has 4 heteroatoms. The molecule has 0 aliphatic carbocycles. The summed E-state index contributed by atoms with van der Waals surface area (Å²) in [6.07, 6.45) is 3.61. The molecule has 0 aliphatic heterocycles. The monoisotopic (exact) mass is 654 g/mol. The first-order valence-corrected chi connectivity index (χ1v) is 16.9. The SMILES string of the molecule is [2H]c1c(C)c([2H])c(C)c(N(c2ccc(N(c3cnc(-c4ccccc4)cn3)c3ccccc3-c3ccccc3)cc2)c2c(C)c([2H])c(C)c([2H])c2C)c1C. The lowest BCUT2D eigenvalue weighted by Gasteiger charge is -2.32. The highest BCUT2D eigenvalue weighted by molar-refractivity contribution is 5.89. The fraction of sp³-hybridized carbons (Fsp3) is 0.130. The van der Waals surface area contributed by atoms with Crippen molar-refractivity contribution in [3.05, 3.63) is 179 Å². The van der Waals surface area contributed by atoms with Crippen molar-refractivity contribution in [1.82, 2.24) is 9.97 Å². The molecular weight excluding hydrogens is 609 g/mol. The van der Waals surface area contributed by atoms with Gasteiger partial charge in [-0.25, -0.2) is 4.98 Å². The topological polar surface area (TPSA) is 32.3 Å². The Morgan fingerprint density at radius 1 is 0.460 bits per heavy atom. The molecule has 0 spiro atoms. The lowest BCUT2D eigenvalue weighted by Crippen LogP contribution is -2.17. The van der Waals surface area contributed by atoms with Gasteiger partial charge >= 0.3 is 0 Å². The third-order valence-corrected chi connectivity index (χ3v) is 8.90. The number of aromatic nitrogens is 2. The first kappa shape index (κ1) is 27.9. The molecule has 4 nitrogen and oxygen atoms in total. The van der Waals surface area contributed by atoms with Crippen LogP contribution in [0.15, 0.2) is 146 Å². The van der Waals surface area contributed by atoms with E-state index in [-0.39, 0.29) is 0 Å². The second-order valence-corrected chi connectivity index (χ2v) is 12.6. The summed E-state index contributed by atoms with van der Waals surface area (Å²) >= 11 is 0. The minimum Gasteiger partial charge on any atom is -0.309 e. The van der Waals surface area contributed by atoms with Crippen molar-refractivity contribution in [3.8, 4) is 22.4 Å². The quantitative estimate of drug-likeness (QED) is 0.163. The summed E-state index contributed by atoms with van der Waals surface area (Å²) in [7, 11) is 0. The molecule has 0 saturated heterocycles. The van der Waals surface area contributed by atoms with Gasteiger partial charge in [0.05, 0.1) is 40.6 Å². The molecule has 1 heterocycles. The molecule has 0 radical (unpaired) electrons. The van der Waals surface area contributed by atoms with E-state index in [1.54, 1.807) is 12.4 Å². The molecule has 50 heavy (non-hydrogen) atoms. The molecule has 246 valence electrons. The zero-order valence-electron chi connectivity index (χ0n) is 33.3. The van der Waals surface area contributed by atoms with E-state index in [4.69, 9.17) is 15.5 Å². The first-order valence-electron chi connectivity index (χ1n) is 18.9. The van der Waals surface area contributed by atoms with Gasteiger partial charge < -0.3 is 4.90 Å². The van der Waals surface area contributed by atoms with E-state index >= 15 is 0 Å². The number of nitrogens with zero attached hydrogens (tertiary/aromatic N) is 4. The average Bonchev–Trinajstić information content (AvgIpc) is 3.21. The number of benzene rings is 6. The van der Waals surface area contributed by atoms with Crippen LogP contribution in [0.1, 0.15) is 38.9 Å². The van der Waals surface area contributed by atoms with Crippen LogP contribution in [-0.2, 0) is 0 Å². The highest BCUT2D eigenvalue weighted by Crippen LogP contribution is 2.45. The minimum atomic E-state index is 0.308. The van der Waals surface area contributed by atoms with Gasteiger partial charge in [-0.2, -0.15) is 0 Å².